The van der Waals surface area contributed by atoms with Crippen LogP contribution in [0.3, 0.4) is 0 Å². The number of hydrogen-bond acceptors (Lipinski definition) is 6. The summed E-state index contributed by atoms with van der Waals surface area (Å²) in [6, 6.07) is 3.32. The van der Waals surface area contributed by atoms with Gasteiger partial charge in [-0.15, -0.1) is 0 Å². The van der Waals surface area contributed by atoms with Crippen molar-refractivity contribution in [2.45, 2.75) is 63.8 Å². The maximum Gasteiger partial charge on any atom is 0.294 e. The number of nitrogens with zero attached hydrogens (tertiary/aromatic N) is 3. The number of nitrogens with one attached hydrogen (secondary N) is 2. The minimum atomic E-state index is -3.47. The average Bonchev–Trinajstić information content (AvgIpc) is 3.22. The van der Waals surface area contributed by atoms with Gasteiger partial charge in [0.2, 0.25) is 5.56 Å². The fourth-order valence-corrected chi connectivity index (χ4v) is 6.91. The van der Waals surface area contributed by atoms with Crippen LogP contribution in [0.25, 0.3) is 0 Å². The number of amides is 2. The molecule has 2 amide bonds. The zero-order valence-corrected chi connectivity index (χ0v) is 24.3. The van der Waals surface area contributed by atoms with Crippen LogP contribution in [0.2, 0.25) is 0 Å². The van der Waals surface area contributed by atoms with Gasteiger partial charge in [0.25, 0.3) is 23.4 Å². The molecule has 3 fully saturated rings. The van der Waals surface area contributed by atoms with E-state index in [4.69, 9.17) is 0 Å². The Morgan fingerprint density at radius 3 is 2.37 bits per heavy atom. The van der Waals surface area contributed by atoms with E-state index < -0.39 is 53.0 Å². The van der Waals surface area contributed by atoms with Crippen molar-refractivity contribution in [3.63, 3.8) is 0 Å². The Bertz CT molecular complexity index is 1430. The van der Waals surface area contributed by atoms with Crippen molar-refractivity contribution in [3.05, 3.63) is 66.0 Å². The molecule has 3 heterocycles. The first-order valence-electron chi connectivity index (χ1n) is 13.8. The lowest BCUT2D eigenvalue weighted by Crippen LogP contribution is -2.44. The molecule has 5 rings (SSSR count). The van der Waals surface area contributed by atoms with Gasteiger partial charge in [-0.2, -0.15) is 0 Å². The molecule has 41 heavy (non-hydrogen) atoms. The fourth-order valence-electron chi connectivity index (χ4n) is 6.47. The van der Waals surface area contributed by atoms with Gasteiger partial charge in [-0.25, -0.2) is 8.78 Å². The number of likely N-dealkylation sites (tertiary alicyclic amines) is 2. The lowest BCUT2D eigenvalue weighted by molar-refractivity contribution is -0.384. The molecule has 2 aliphatic heterocycles. The normalized spacial score (nSPS) is 21.6. The van der Waals surface area contributed by atoms with Crippen LogP contribution in [0.15, 0.2) is 33.5 Å². The molecule has 0 unspecified atom stereocenters. The number of carbonyl (C=O) groups excluding carboxylic acids is 2. The monoisotopic (exact) mass is 635 g/mol. The van der Waals surface area contributed by atoms with E-state index in [9.17, 15) is 24.5 Å². The molecule has 2 N–H and O–H groups in total. The van der Waals surface area contributed by atoms with Crippen LogP contribution in [-0.4, -0.2) is 69.7 Å². The average molecular weight is 636 g/mol. The molecule has 1 saturated carbocycles. The number of halogens is 3. The van der Waals surface area contributed by atoms with Crippen LogP contribution >= 0.6 is 15.9 Å². The number of hydrogen-bond donors (Lipinski definition) is 2. The summed E-state index contributed by atoms with van der Waals surface area (Å²) in [7, 11) is 0. The van der Waals surface area contributed by atoms with Crippen molar-refractivity contribution >= 4 is 39.1 Å². The summed E-state index contributed by atoms with van der Waals surface area (Å²) in [6.45, 7) is 1.14. The van der Waals surface area contributed by atoms with Gasteiger partial charge < -0.3 is 20.1 Å². The van der Waals surface area contributed by atoms with Gasteiger partial charge in [-0.05, 0) is 50.2 Å². The molecule has 220 valence electrons. The van der Waals surface area contributed by atoms with Gasteiger partial charge in [0.05, 0.1) is 17.0 Å². The van der Waals surface area contributed by atoms with Gasteiger partial charge >= 0.3 is 0 Å². The minimum Gasteiger partial charge on any atom is -0.369 e. The summed E-state index contributed by atoms with van der Waals surface area (Å²) in [5.41, 5.74) is -0.826. The molecule has 13 heteroatoms. The van der Waals surface area contributed by atoms with E-state index in [0.29, 0.717) is 18.8 Å². The zero-order valence-electron chi connectivity index (χ0n) is 22.7. The lowest BCUT2D eigenvalue weighted by atomic mass is 9.68. The summed E-state index contributed by atoms with van der Waals surface area (Å²) in [6.07, 6.45) is 7.53. The highest BCUT2D eigenvalue weighted by Gasteiger charge is 2.51. The van der Waals surface area contributed by atoms with Crippen LogP contribution in [0, 0.1) is 22.5 Å². The highest BCUT2D eigenvalue weighted by atomic mass is 79.9. The number of rotatable bonds is 5. The Balaban J connectivity index is 1.41. The third-order valence-corrected chi connectivity index (χ3v) is 9.14. The van der Waals surface area contributed by atoms with Crippen molar-refractivity contribution in [1.82, 2.24) is 14.8 Å². The third-order valence-electron chi connectivity index (χ3n) is 8.68. The topological polar surface area (TPSA) is 129 Å². The maximum absolute atomic E-state index is 15.3. The summed E-state index contributed by atoms with van der Waals surface area (Å²) >= 11 is 3.23. The van der Waals surface area contributed by atoms with E-state index in [-0.39, 0.29) is 26.7 Å². The number of H-pyrrole nitrogens is 1. The second-order valence-electron chi connectivity index (χ2n) is 11.5. The molecule has 2 aromatic rings. The molecule has 0 radical (unpaired) electrons. The van der Waals surface area contributed by atoms with Gasteiger partial charge in [0, 0.05) is 47.5 Å². The molecular formula is C28H32BrF2N5O5. The Morgan fingerprint density at radius 1 is 1.05 bits per heavy atom. The van der Waals surface area contributed by atoms with Crippen LogP contribution < -0.4 is 10.9 Å². The Kier molecular flexibility index (Phi) is 7.92. The number of aromatic amines is 1. The molecule has 1 aromatic heterocycles. The molecule has 1 aliphatic carbocycles. The number of benzene rings is 1. The predicted octanol–water partition coefficient (Wildman–Crippen LogP) is 5.11. The first kappa shape index (κ1) is 29.2. The largest absolute Gasteiger partial charge is 0.369 e. The first-order valence-corrected chi connectivity index (χ1v) is 14.6. The van der Waals surface area contributed by atoms with Crippen molar-refractivity contribution in [3.8, 4) is 0 Å². The van der Waals surface area contributed by atoms with Crippen LogP contribution in [0.4, 0.5) is 20.2 Å². The Labute approximate surface area is 243 Å². The maximum atomic E-state index is 15.3. The molecule has 1 spiro atoms. The number of nitro benzene ring substituents is 1. The van der Waals surface area contributed by atoms with Crippen LogP contribution in [0.5, 0.6) is 0 Å². The molecule has 1 atom stereocenters. The SMILES string of the molecule is Cc1cc(C(=O)N2C[C@H](Nc3c(C(=O)N4CCC5(CCCCC5)CC4)cc(Br)cc3[N+](=O)[O-])C(F)(F)C2)cc(=O)[nH]1. The van der Waals surface area contributed by atoms with Gasteiger partial charge in [-0.1, -0.05) is 35.2 Å². The zero-order chi connectivity index (χ0) is 29.5. The number of anilines is 1. The molecular weight excluding hydrogens is 604 g/mol. The van der Waals surface area contributed by atoms with Crippen LogP contribution in [-0.2, 0) is 0 Å². The lowest BCUT2D eigenvalue weighted by Gasteiger charge is -2.44. The number of piperidine rings is 1. The van der Waals surface area contributed by atoms with Crippen LogP contribution in [0.1, 0.15) is 71.4 Å². The Morgan fingerprint density at radius 2 is 1.73 bits per heavy atom. The number of alkyl halides is 2. The van der Waals surface area contributed by atoms with Gasteiger partial charge in [0.1, 0.15) is 11.7 Å². The fraction of sp³-hybridized carbons (Fsp3) is 0.536. The van der Waals surface area contributed by atoms with E-state index in [1.54, 1.807) is 11.8 Å². The highest BCUT2D eigenvalue weighted by Crippen LogP contribution is 2.45. The number of aryl methyl sites for hydroxylation is 1. The standard InChI is InChI=1S/C28H32BrF2N5O5/c1-17-11-18(12-23(37)32-17)25(38)35-15-22(28(30,31)16-35)33-24-20(13-19(29)14-21(24)36(40)41)26(39)34-9-7-27(8-10-34)5-3-2-4-6-27/h11-14,22,33H,2-10,15-16H2,1H3,(H,32,37)/t22-/m0/s1. The van der Waals surface area contributed by atoms with E-state index >= 15 is 8.78 Å². The second-order valence-corrected chi connectivity index (χ2v) is 12.4. The summed E-state index contributed by atoms with van der Waals surface area (Å²) in [5, 5.41) is 14.6. The van der Waals surface area contributed by atoms with Gasteiger partial charge in [0.15, 0.2) is 0 Å². The number of pyridine rings is 1. The summed E-state index contributed by atoms with van der Waals surface area (Å²) in [5.74, 6) is -4.68. The number of carbonyl (C=O) groups is 2. The Hall–Kier alpha value is -3.35. The predicted molar refractivity (Wildman–Crippen MR) is 152 cm³/mol. The molecule has 10 nitrogen and oxygen atoms in total. The van der Waals surface area contributed by atoms with Crippen molar-refractivity contribution in [2.75, 3.05) is 31.5 Å². The molecule has 1 aromatic carbocycles. The quantitative estimate of drug-likeness (QED) is 0.347. The second kappa shape index (κ2) is 11.1. The van der Waals surface area contributed by atoms with Crippen molar-refractivity contribution in [2.24, 2.45) is 5.41 Å². The summed E-state index contributed by atoms with van der Waals surface area (Å²) < 4.78 is 30.8. The summed E-state index contributed by atoms with van der Waals surface area (Å²) in [4.78, 5) is 54.9. The molecule has 0 bridgehead atoms. The molecule has 2 saturated heterocycles. The smallest absolute Gasteiger partial charge is 0.294 e. The van der Waals surface area contributed by atoms with E-state index in [1.165, 1.54) is 37.5 Å². The van der Waals surface area contributed by atoms with Crippen molar-refractivity contribution in [1.29, 1.82) is 0 Å². The van der Waals surface area contributed by atoms with E-state index in [2.05, 4.69) is 26.2 Å². The van der Waals surface area contributed by atoms with E-state index in [1.807, 2.05) is 0 Å². The van der Waals surface area contributed by atoms with Gasteiger partial charge in [-0.3, -0.25) is 24.5 Å². The number of nitro groups is 1. The highest BCUT2D eigenvalue weighted by molar-refractivity contribution is 9.10. The minimum absolute atomic E-state index is 0.0333. The first-order chi connectivity index (χ1) is 19.4. The third kappa shape index (κ3) is 6.00. The number of aromatic nitrogens is 1. The van der Waals surface area contributed by atoms with E-state index in [0.717, 1.165) is 36.6 Å². The molecule has 3 aliphatic rings. The van der Waals surface area contributed by atoms with Crippen molar-refractivity contribution < 1.29 is 23.3 Å².